The summed E-state index contributed by atoms with van der Waals surface area (Å²) in [7, 11) is 0. The van der Waals surface area contributed by atoms with E-state index in [4.69, 9.17) is 5.73 Å². The van der Waals surface area contributed by atoms with Crippen LogP contribution in [0.4, 0.5) is 4.79 Å². The topological polar surface area (TPSA) is 55.1 Å². The lowest BCUT2D eigenvalue weighted by Crippen LogP contribution is -2.29. The van der Waals surface area contributed by atoms with Crippen molar-refractivity contribution >= 4 is 18.4 Å². The molecule has 0 fully saturated rings. The number of carbonyl (C=O) groups excluding carboxylic acids is 1. The van der Waals surface area contributed by atoms with Crippen LogP contribution in [0.3, 0.4) is 0 Å². The van der Waals surface area contributed by atoms with E-state index < -0.39 is 6.03 Å². The fraction of sp³-hybridized carbons (Fsp3) is 0.857. The van der Waals surface area contributed by atoms with Gasteiger partial charge in [0, 0.05) is 6.54 Å². The number of unbranched alkanes of at least 4 members (excludes halogenated alkanes) is 3. The van der Waals surface area contributed by atoms with E-state index >= 15 is 0 Å². The van der Waals surface area contributed by atoms with Crippen LogP contribution < -0.4 is 11.1 Å². The van der Waals surface area contributed by atoms with Crippen molar-refractivity contribution in [3.8, 4) is 0 Å². The van der Waals surface area contributed by atoms with Gasteiger partial charge in [0.2, 0.25) is 0 Å². The average molecular weight is 181 g/mol. The first-order valence-electron chi connectivity index (χ1n) is 3.80. The highest BCUT2D eigenvalue weighted by molar-refractivity contribution is 5.85. The molecule has 0 unspecified atom stereocenters. The van der Waals surface area contributed by atoms with E-state index in [1.807, 2.05) is 0 Å². The van der Waals surface area contributed by atoms with Gasteiger partial charge in [0.1, 0.15) is 0 Å². The Morgan fingerprint density at radius 2 is 2.00 bits per heavy atom. The number of nitrogens with two attached hydrogens (primary N) is 1. The van der Waals surface area contributed by atoms with E-state index in [1.165, 1.54) is 19.3 Å². The molecular weight excluding hydrogens is 164 g/mol. The van der Waals surface area contributed by atoms with Gasteiger partial charge in [0.15, 0.2) is 0 Å². The van der Waals surface area contributed by atoms with Crippen LogP contribution in [0.25, 0.3) is 0 Å². The molecule has 0 bridgehead atoms. The van der Waals surface area contributed by atoms with Gasteiger partial charge in [-0.25, -0.2) is 4.79 Å². The molecule has 0 saturated carbocycles. The molecule has 0 spiro atoms. The van der Waals surface area contributed by atoms with Crippen molar-refractivity contribution in [1.82, 2.24) is 5.32 Å². The summed E-state index contributed by atoms with van der Waals surface area (Å²) in [6.07, 6.45) is 4.67. The number of rotatable bonds is 5. The highest BCUT2D eigenvalue weighted by Gasteiger charge is 1.89. The predicted molar refractivity (Wildman–Crippen MR) is 49.0 cm³/mol. The minimum atomic E-state index is -0.420. The largest absolute Gasteiger partial charge is 0.352 e. The number of hydrogen-bond acceptors (Lipinski definition) is 1. The zero-order valence-electron chi connectivity index (χ0n) is 6.93. The van der Waals surface area contributed by atoms with Gasteiger partial charge in [-0.2, -0.15) is 0 Å². The first-order valence-corrected chi connectivity index (χ1v) is 3.80. The van der Waals surface area contributed by atoms with Crippen LogP contribution in [0.5, 0.6) is 0 Å². The Balaban J connectivity index is 0. The number of primary amides is 1. The number of amides is 2. The van der Waals surface area contributed by atoms with Gasteiger partial charge in [0.25, 0.3) is 0 Å². The molecule has 0 atom stereocenters. The summed E-state index contributed by atoms with van der Waals surface area (Å²) >= 11 is 0. The van der Waals surface area contributed by atoms with Crippen LogP contribution in [0.1, 0.15) is 32.6 Å². The van der Waals surface area contributed by atoms with Crippen LogP contribution >= 0.6 is 12.4 Å². The van der Waals surface area contributed by atoms with E-state index in [0.29, 0.717) is 0 Å². The Kier molecular flexibility index (Phi) is 11.4. The normalized spacial score (nSPS) is 8.45. The molecule has 0 aliphatic heterocycles. The Morgan fingerprint density at radius 1 is 1.36 bits per heavy atom. The predicted octanol–water partition coefficient (Wildman–Crippen LogP) is 1.66. The average Bonchev–Trinajstić information content (AvgIpc) is 1.87. The molecule has 4 heteroatoms. The van der Waals surface area contributed by atoms with Gasteiger partial charge in [-0.05, 0) is 6.42 Å². The molecule has 0 aliphatic rings. The molecule has 0 aromatic rings. The van der Waals surface area contributed by atoms with Crippen LogP contribution in [0.2, 0.25) is 0 Å². The maximum absolute atomic E-state index is 10.1. The molecule has 0 rings (SSSR count). The first-order chi connectivity index (χ1) is 4.77. The zero-order chi connectivity index (χ0) is 7.82. The number of halogens is 1. The molecule has 3 nitrogen and oxygen atoms in total. The van der Waals surface area contributed by atoms with Crippen LogP contribution in [-0.2, 0) is 0 Å². The molecule has 0 saturated heterocycles. The Bertz CT molecular complexity index is 98.4. The van der Waals surface area contributed by atoms with Crippen molar-refractivity contribution in [3.63, 3.8) is 0 Å². The SMILES string of the molecule is CCCCCCNC(N)=O.Cl. The smallest absolute Gasteiger partial charge is 0.312 e. The monoisotopic (exact) mass is 180 g/mol. The third-order valence-corrected chi connectivity index (χ3v) is 1.33. The summed E-state index contributed by atoms with van der Waals surface area (Å²) < 4.78 is 0. The summed E-state index contributed by atoms with van der Waals surface area (Å²) in [5.41, 5.74) is 4.86. The highest BCUT2D eigenvalue weighted by Crippen LogP contribution is 1.96. The second-order valence-corrected chi connectivity index (χ2v) is 2.35. The third kappa shape index (κ3) is 12.7. The Hall–Kier alpha value is -0.440. The van der Waals surface area contributed by atoms with E-state index in [1.54, 1.807) is 0 Å². The summed E-state index contributed by atoms with van der Waals surface area (Å²) in [6.45, 7) is 2.87. The number of carbonyl (C=O) groups is 1. The van der Waals surface area contributed by atoms with Crippen LogP contribution in [-0.4, -0.2) is 12.6 Å². The fourth-order valence-corrected chi connectivity index (χ4v) is 0.763. The molecule has 2 amide bonds. The molecular formula is C7H17ClN2O. The maximum atomic E-state index is 10.1. The quantitative estimate of drug-likeness (QED) is 0.622. The minimum Gasteiger partial charge on any atom is -0.352 e. The van der Waals surface area contributed by atoms with Gasteiger partial charge in [-0.15, -0.1) is 12.4 Å². The molecule has 3 N–H and O–H groups in total. The Morgan fingerprint density at radius 3 is 2.45 bits per heavy atom. The van der Waals surface area contributed by atoms with Crippen molar-refractivity contribution in [2.75, 3.05) is 6.54 Å². The molecule has 0 heterocycles. The molecule has 0 radical (unpaired) electrons. The highest BCUT2D eigenvalue weighted by atomic mass is 35.5. The second kappa shape index (κ2) is 9.56. The van der Waals surface area contributed by atoms with Crippen molar-refractivity contribution in [1.29, 1.82) is 0 Å². The van der Waals surface area contributed by atoms with Gasteiger partial charge < -0.3 is 11.1 Å². The molecule has 0 aromatic heterocycles. The summed E-state index contributed by atoms with van der Waals surface area (Å²) in [5.74, 6) is 0. The second-order valence-electron chi connectivity index (χ2n) is 2.35. The standard InChI is InChI=1S/C7H16N2O.ClH/c1-2-3-4-5-6-9-7(8)10;/h2-6H2,1H3,(H3,8,9,10);1H. The summed E-state index contributed by atoms with van der Waals surface area (Å²) in [4.78, 5) is 10.1. The molecule has 0 aromatic carbocycles. The lowest BCUT2D eigenvalue weighted by Gasteiger charge is -1.99. The first kappa shape index (κ1) is 13.2. The van der Waals surface area contributed by atoms with Crippen molar-refractivity contribution in [2.45, 2.75) is 32.6 Å². The zero-order valence-corrected chi connectivity index (χ0v) is 7.75. The van der Waals surface area contributed by atoms with Crippen molar-refractivity contribution in [2.24, 2.45) is 5.73 Å². The summed E-state index contributed by atoms with van der Waals surface area (Å²) in [5, 5.41) is 2.54. The van der Waals surface area contributed by atoms with Gasteiger partial charge in [-0.1, -0.05) is 26.2 Å². The van der Waals surface area contributed by atoms with E-state index in [-0.39, 0.29) is 12.4 Å². The number of urea groups is 1. The fourth-order valence-electron chi connectivity index (χ4n) is 0.763. The van der Waals surface area contributed by atoms with Gasteiger partial charge in [-0.3, -0.25) is 0 Å². The van der Waals surface area contributed by atoms with Crippen molar-refractivity contribution in [3.05, 3.63) is 0 Å². The summed E-state index contributed by atoms with van der Waals surface area (Å²) in [6, 6.07) is -0.420. The molecule has 11 heavy (non-hydrogen) atoms. The molecule has 0 aliphatic carbocycles. The minimum absolute atomic E-state index is 0. The molecule has 68 valence electrons. The van der Waals surface area contributed by atoms with E-state index in [9.17, 15) is 4.79 Å². The Labute approximate surface area is 74.1 Å². The van der Waals surface area contributed by atoms with Gasteiger partial charge in [0.05, 0.1) is 0 Å². The van der Waals surface area contributed by atoms with E-state index in [0.717, 1.165) is 13.0 Å². The van der Waals surface area contributed by atoms with Crippen LogP contribution in [0, 0.1) is 0 Å². The van der Waals surface area contributed by atoms with Gasteiger partial charge >= 0.3 is 6.03 Å². The lowest BCUT2D eigenvalue weighted by molar-refractivity contribution is 0.248. The van der Waals surface area contributed by atoms with Crippen LogP contribution in [0.15, 0.2) is 0 Å². The lowest BCUT2D eigenvalue weighted by atomic mass is 10.2. The number of hydrogen-bond donors (Lipinski definition) is 2. The van der Waals surface area contributed by atoms with E-state index in [2.05, 4.69) is 12.2 Å². The number of nitrogens with one attached hydrogen (secondary N) is 1. The third-order valence-electron chi connectivity index (χ3n) is 1.33. The maximum Gasteiger partial charge on any atom is 0.312 e. The van der Waals surface area contributed by atoms with Crippen molar-refractivity contribution < 1.29 is 4.79 Å².